The predicted octanol–water partition coefficient (Wildman–Crippen LogP) is 3.07. The van der Waals surface area contributed by atoms with Crippen LogP contribution in [0, 0.1) is 10.1 Å². The van der Waals surface area contributed by atoms with Gasteiger partial charge in [0, 0.05) is 20.2 Å². The van der Waals surface area contributed by atoms with E-state index in [2.05, 4.69) is 4.99 Å². The van der Waals surface area contributed by atoms with Crippen molar-refractivity contribution >= 4 is 40.7 Å². The van der Waals surface area contributed by atoms with E-state index >= 15 is 0 Å². The van der Waals surface area contributed by atoms with Crippen molar-refractivity contribution in [2.24, 2.45) is 4.99 Å². The number of nitrogens with zero attached hydrogens (tertiary/aromatic N) is 3. The number of carbonyl (C=O) groups excluding carboxylic acids is 1. The van der Waals surface area contributed by atoms with Gasteiger partial charge in [-0.15, -0.1) is 11.3 Å². The molecule has 8 heteroatoms. The Morgan fingerprint density at radius 3 is 2.75 bits per heavy atom. The van der Waals surface area contributed by atoms with Gasteiger partial charge >= 0.3 is 5.97 Å². The third-order valence-electron chi connectivity index (χ3n) is 3.33. The lowest BCUT2D eigenvalue weighted by Gasteiger charge is -2.12. The molecule has 2 heterocycles. The molecule has 1 aromatic carbocycles. The number of aliphatic imine (C=N–C) groups is 1. The van der Waals surface area contributed by atoms with Crippen LogP contribution in [0.25, 0.3) is 6.08 Å². The molecule has 0 atom stereocenters. The first-order valence-electron chi connectivity index (χ1n) is 6.98. The van der Waals surface area contributed by atoms with Gasteiger partial charge in [0.15, 0.2) is 5.70 Å². The summed E-state index contributed by atoms with van der Waals surface area (Å²) in [6.07, 6.45) is 1.48. The summed E-state index contributed by atoms with van der Waals surface area (Å²) in [6.45, 7) is 0. The molecule has 0 bridgehead atoms. The molecule has 0 N–H and O–H groups in total. The van der Waals surface area contributed by atoms with Crippen LogP contribution in [-0.2, 0) is 9.53 Å². The SMILES string of the molecule is CN(C)c1ccc(/C=C2\N=C(c3cccs3)OC2=O)cc1[N+](=O)[O-]. The number of hydrogen-bond donors (Lipinski definition) is 0. The van der Waals surface area contributed by atoms with Crippen LogP contribution < -0.4 is 4.90 Å². The molecule has 24 heavy (non-hydrogen) atoms. The highest BCUT2D eigenvalue weighted by molar-refractivity contribution is 7.12. The fourth-order valence-electron chi connectivity index (χ4n) is 2.23. The summed E-state index contributed by atoms with van der Waals surface area (Å²) in [4.78, 5) is 29.3. The van der Waals surface area contributed by atoms with Crippen molar-refractivity contribution in [1.82, 2.24) is 0 Å². The first-order chi connectivity index (χ1) is 11.5. The first-order valence-corrected chi connectivity index (χ1v) is 7.86. The maximum absolute atomic E-state index is 11.9. The number of benzene rings is 1. The molecule has 0 saturated carbocycles. The zero-order valence-corrected chi connectivity index (χ0v) is 13.7. The van der Waals surface area contributed by atoms with E-state index in [1.807, 2.05) is 11.4 Å². The Balaban J connectivity index is 1.98. The Bertz CT molecular complexity index is 869. The second-order valence-electron chi connectivity index (χ2n) is 5.21. The largest absolute Gasteiger partial charge is 0.401 e. The van der Waals surface area contributed by atoms with Crippen LogP contribution in [0.4, 0.5) is 11.4 Å². The van der Waals surface area contributed by atoms with Crippen LogP contribution in [-0.4, -0.2) is 30.9 Å². The lowest BCUT2D eigenvalue weighted by atomic mass is 10.1. The number of nitro groups is 1. The molecule has 0 spiro atoms. The van der Waals surface area contributed by atoms with Crippen LogP contribution >= 0.6 is 11.3 Å². The fourth-order valence-corrected chi connectivity index (χ4v) is 2.88. The molecule has 0 fully saturated rings. The number of carbonyl (C=O) groups is 1. The minimum absolute atomic E-state index is 0.0387. The summed E-state index contributed by atoms with van der Waals surface area (Å²) < 4.78 is 5.14. The molecule has 0 unspecified atom stereocenters. The standard InChI is InChI=1S/C16H13N3O4S/c1-18(2)12-6-5-10(9-13(12)19(21)22)8-11-16(20)23-15(17-11)14-4-3-7-24-14/h3-9H,1-2H3/b11-8-. The van der Waals surface area contributed by atoms with Crippen LogP contribution in [0.3, 0.4) is 0 Å². The number of ether oxygens (including phenoxy) is 1. The summed E-state index contributed by atoms with van der Waals surface area (Å²) in [5, 5.41) is 13.1. The average molecular weight is 343 g/mol. The number of thiophene rings is 1. The van der Waals surface area contributed by atoms with E-state index in [0.717, 1.165) is 4.88 Å². The number of hydrogen-bond acceptors (Lipinski definition) is 7. The van der Waals surface area contributed by atoms with Crippen LogP contribution in [0.1, 0.15) is 10.4 Å². The number of nitro benzene ring substituents is 1. The topological polar surface area (TPSA) is 85.0 Å². The van der Waals surface area contributed by atoms with Crippen molar-refractivity contribution in [3.63, 3.8) is 0 Å². The lowest BCUT2D eigenvalue weighted by Crippen LogP contribution is -2.11. The van der Waals surface area contributed by atoms with E-state index in [-0.39, 0.29) is 17.3 Å². The Labute approximate surface area is 141 Å². The molecule has 1 aliphatic rings. The normalized spacial score (nSPS) is 15.3. The Hall–Kier alpha value is -3.00. The Morgan fingerprint density at radius 2 is 2.12 bits per heavy atom. The van der Waals surface area contributed by atoms with Gasteiger partial charge in [-0.2, -0.15) is 0 Å². The summed E-state index contributed by atoms with van der Waals surface area (Å²) in [5.41, 5.74) is 1.07. The van der Waals surface area contributed by atoms with Crippen molar-refractivity contribution in [2.75, 3.05) is 19.0 Å². The van der Waals surface area contributed by atoms with E-state index in [1.165, 1.54) is 23.5 Å². The average Bonchev–Trinajstić information content (AvgIpc) is 3.17. The minimum atomic E-state index is -0.572. The molecule has 2 aromatic rings. The molecule has 0 amide bonds. The van der Waals surface area contributed by atoms with E-state index < -0.39 is 10.9 Å². The monoisotopic (exact) mass is 343 g/mol. The lowest BCUT2D eigenvalue weighted by molar-refractivity contribution is -0.384. The molecule has 1 aromatic heterocycles. The van der Waals surface area contributed by atoms with E-state index in [1.54, 1.807) is 37.2 Å². The summed E-state index contributed by atoms with van der Waals surface area (Å²) in [7, 11) is 3.46. The van der Waals surface area contributed by atoms with Crippen molar-refractivity contribution in [2.45, 2.75) is 0 Å². The molecule has 7 nitrogen and oxygen atoms in total. The predicted molar refractivity (Wildman–Crippen MR) is 92.3 cm³/mol. The van der Waals surface area contributed by atoms with E-state index in [0.29, 0.717) is 11.3 Å². The number of anilines is 1. The Kier molecular flexibility index (Phi) is 4.13. The van der Waals surface area contributed by atoms with Gasteiger partial charge in [-0.25, -0.2) is 9.79 Å². The highest BCUT2D eigenvalue weighted by Gasteiger charge is 2.25. The van der Waals surface area contributed by atoms with Crippen molar-refractivity contribution in [1.29, 1.82) is 0 Å². The van der Waals surface area contributed by atoms with Gasteiger partial charge in [0.25, 0.3) is 5.69 Å². The van der Waals surface area contributed by atoms with Gasteiger partial charge in [-0.3, -0.25) is 10.1 Å². The zero-order valence-electron chi connectivity index (χ0n) is 12.9. The first kappa shape index (κ1) is 15.9. The van der Waals surface area contributed by atoms with Gasteiger partial charge in [-0.05, 0) is 29.2 Å². The number of cyclic esters (lactones) is 1. The second kappa shape index (κ2) is 6.25. The second-order valence-corrected chi connectivity index (χ2v) is 6.16. The third-order valence-corrected chi connectivity index (χ3v) is 4.19. The van der Waals surface area contributed by atoms with Crippen molar-refractivity contribution in [3.8, 4) is 0 Å². The Morgan fingerprint density at radius 1 is 1.33 bits per heavy atom. The molecular formula is C16H13N3O4S. The molecule has 1 aliphatic heterocycles. The van der Waals surface area contributed by atoms with Crippen LogP contribution in [0.15, 0.2) is 46.4 Å². The zero-order chi connectivity index (χ0) is 17.3. The van der Waals surface area contributed by atoms with Gasteiger partial charge in [0.1, 0.15) is 5.69 Å². The summed E-state index contributed by atoms with van der Waals surface area (Å²) in [5.74, 6) is -0.321. The molecular weight excluding hydrogens is 330 g/mol. The van der Waals surface area contributed by atoms with Gasteiger partial charge in [-0.1, -0.05) is 12.1 Å². The number of esters is 1. The highest BCUT2D eigenvalue weighted by Crippen LogP contribution is 2.29. The number of rotatable bonds is 4. The fraction of sp³-hybridized carbons (Fsp3) is 0.125. The van der Waals surface area contributed by atoms with Gasteiger partial charge < -0.3 is 9.64 Å². The molecule has 0 radical (unpaired) electrons. The van der Waals surface area contributed by atoms with Crippen LogP contribution in [0.5, 0.6) is 0 Å². The van der Waals surface area contributed by atoms with E-state index in [4.69, 9.17) is 4.74 Å². The summed E-state index contributed by atoms with van der Waals surface area (Å²) in [6, 6.07) is 8.38. The molecule has 0 aliphatic carbocycles. The molecule has 122 valence electrons. The highest BCUT2D eigenvalue weighted by atomic mass is 32.1. The van der Waals surface area contributed by atoms with E-state index in [9.17, 15) is 14.9 Å². The van der Waals surface area contributed by atoms with Crippen LogP contribution in [0.2, 0.25) is 0 Å². The maximum Gasteiger partial charge on any atom is 0.363 e. The smallest absolute Gasteiger partial charge is 0.363 e. The quantitative estimate of drug-likeness (QED) is 0.369. The van der Waals surface area contributed by atoms with Crippen molar-refractivity contribution in [3.05, 3.63) is 62.0 Å². The maximum atomic E-state index is 11.9. The minimum Gasteiger partial charge on any atom is -0.401 e. The molecule has 3 rings (SSSR count). The summed E-state index contributed by atoms with van der Waals surface area (Å²) >= 11 is 1.41. The molecule has 0 saturated heterocycles. The third kappa shape index (κ3) is 3.04. The van der Waals surface area contributed by atoms with Gasteiger partial charge in [0.05, 0.1) is 9.80 Å². The van der Waals surface area contributed by atoms with Crippen molar-refractivity contribution < 1.29 is 14.5 Å². The van der Waals surface area contributed by atoms with Gasteiger partial charge in [0.2, 0.25) is 5.90 Å².